The minimum absolute atomic E-state index is 0.0450. The minimum atomic E-state index is -0.860. The van der Waals surface area contributed by atoms with Crippen molar-refractivity contribution in [3.8, 4) is 0 Å². The van der Waals surface area contributed by atoms with Crippen LogP contribution in [0.1, 0.15) is 19.8 Å². The molecule has 2 unspecified atom stereocenters. The van der Waals surface area contributed by atoms with Gasteiger partial charge in [-0.15, -0.1) is 0 Å². The molecule has 0 radical (unpaired) electrons. The average molecular weight is 274 g/mol. The first-order chi connectivity index (χ1) is 9.08. The molecule has 0 aliphatic carbocycles. The molecule has 1 aliphatic rings. The number of nitrogens with zero attached hydrogens (tertiary/aromatic N) is 1. The molecular formula is C12H22N2O5. The van der Waals surface area contributed by atoms with Crippen molar-refractivity contribution in [1.29, 1.82) is 0 Å². The number of carboxylic acids is 1. The summed E-state index contributed by atoms with van der Waals surface area (Å²) in [6, 6.07) is -0.598. The second-order valence-electron chi connectivity index (χ2n) is 4.66. The van der Waals surface area contributed by atoms with Gasteiger partial charge in [0.05, 0.1) is 25.9 Å². The Balaban J connectivity index is 2.42. The van der Waals surface area contributed by atoms with Gasteiger partial charge in [-0.1, -0.05) is 13.3 Å². The van der Waals surface area contributed by atoms with Gasteiger partial charge >= 0.3 is 12.0 Å². The molecule has 0 spiro atoms. The lowest BCUT2D eigenvalue weighted by molar-refractivity contribution is -0.138. The van der Waals surface area contributed by atoms with E-state index >= 15 is 0 Å². The van der Waals surface area contributed by atoms with Crippen LogP contribution in [-0.2, 0) is 9.53 Å². The predicted octanol–water partition coefficient (Wildman–Crippen LogP) is -0.110. The van der Waals surface area contributed by atoms with Crippen molar-refractivity contribution in [1.82, 2.24) is 10.2 Å². The standard InChI is InChI=1S/C12H22N2O5/c1-2-9(5-11(16)17)6-13-12(18)14-3-4-19-8-10(14)7-15/h9-10,15H,2-8H2,1H3,(H,13,18)(H,16,17). The lowest BCUT2D eigenvalue weighted by Gasteiger charge is -2.34. The highest BCUT2D eigenvalue weighted by molar-refractivity contribution is 5.74. The Morgan fingerprint density at radius 1 is 1.53 bits per heavy atom. The minimum Gasteiger partial charge on any atom is -0.481 e. The predicted molar refractivity (Wildman–Crippen MR) is 67.8 cm³/mol. The number of rotatable bonds is 6. The second kappa shape index (κ2) is 7.96. The molecule has 19 heavy (non-hydrogen) atoms. The maximum Gasteiger partial charge on any atom is 0.317 e. The molecule has 110 valence electrons. The molecule has 2 amide bonds. The third kappa shape index (κ3) is 5.04. The number of aliphatic carboxylic acids is 1. The van der Waals surface area contributed by atoms with Crippen molar-refractivity contribution < 1.29 is 24.5 Å². The maximum atomic E-state index is 12.0. The zero-order valence-electron chi connectivity index (χ0n) is 11.2. The maximum absolute atomic E-state index is 12.0. The van der Waals surface area contributed by atoms with Crippen molar-refractivity contribution in [2.24, 2.45) is 5.92 Å². The van der Waals surface area contributed by atoms with Gasteiger partial charge in [0.2, 0.25) is 0 Å². The molecular weight excluding hydrogens is 252 g/mol. The van der Waals surface area contributed by atoms with Gasteiger partial charge in [-0.3, -0.25) is 4.79 Å². The molecule has 2 atom stereocenters. The number of nitrogens with one attached hydrogen (secondary N) is 1. The van der Waals surface area contributed by atoms with Crippen LogP contribution in [-0.4, -0.2) is 66.1 Å². The van der Waals surface area contributed by atoms with Crippen LogP contribution in [0.5, 0.6) is 0 Å². The van der Waals surface area contributed by atoms with E-state index in [0.717, 1.165) is 0 Å². The van der Waals surface area contributed by atoms with E-state index in [2.05, 4.69) is 5.32 Å². The molecule has 7 nitrogen and oxygen atoms in total. The summed E-state index contributed by atoms with van der Waals surface area (Å²) >= 11 is 0. The van der Waals surface area contributed by atoms with Gasteiger partial charge < -0.3 is 25.2 Å². The van der Waals surface area contributed by atoms with Crippen LogP contribution in [0.4, 0.5) is 4.79 Å². The van der Waals surface area contributed by atoms with Crippen LogP contribution in [0.15, 0.2) is 0 Å². The number of urea groups is 1. The number of amides is 2. The molecule has 0 aromatic rings. The van der Waals surface area contributed by atoms with Gasteiger partial charge in [0.1, 0.15) is 0 Å². The van der Waals surface area contributed by atoms with E-state index in [-0.39, 0.29) is 31.0 Å². The number of aliphatic hydroxyl groups excluding tert-OH is 1. The number of aliphatic hydroxyl groups is 1. The molecule has 1 heterocycles. The quantitative estimate of drug-likeness (QED) is 0.627. The van der Waals surface area contributed by atoms with Gasteiger partial charge in [-0.05, 0) is 5.92 Å². The van der Waals surface area contributed by atoms with Crippen molar-refractivity contribution in [3.05, 3.63) is 0 Å². The van der Waals surface area contributed by atoms with E-state index in [0.29, 0.717) is 32.7 Å². The van der Waals surface area contributed by atoms with Crippen molar-refractivity contribution >= 4 is 12.0 Å². The van der Waals surface area contributed by atoms with E-state index in [1.54, 1.807) is 0 Å². The highest BCUT2D eigenvalue weighted by Crippen LogP contribution is 2.09. The Labute approximate surface area is 112 Å². The lowest BCUT2D eigenvalue weighted by Crippen LogP contribution is -2.54. The molecule has 0 bridgehead atoms. The Morgan fingerprint density at radius 3 is 2.84 bits per heavy atom. The third-order valence-corrected chi connectivity index (χ3v) is 3.28. The van der Waals surface area contributed by atoms with Gasteiger partial charge in [-0.25, -0.2) is 4.79 Å². The summed E-state index contributed by atoms with van der Waals surface area (Å²) in [5, 5.41) is 20.6. The van der Waals surface area contributed by atoms with E-state index < -0.39 is 5.97 Å². The van der Waals surface area contributed by atoms with Gasteiger partial charge in [0, 0.05) is 19.5 Å². The highest BCUT2D eigenvalue weighted by Gasteiger charge is 2.26. The van der Waals surface area contributed by atoms with Crippen molar-refractivity contribution in [2.45, 2.75) is 25.8 Å². The SMILES string of the molecule is CCC(CNC(=O)N1CCOCC1CO)CC(=O)O. The fourth-order valence-electron chi connectivity index (χ4n) is 2.01. The first-order valence-electron chi connectivity index (χ1n) is 6.53. The van der Waals surface area contributed by atoms with Crippen LogP contribution in [0, 0.1) is 5.92 Å². The molecule has 1 fully saturated rings. The van der Waals surface area contributed by atoms with Crippen LogP contribution >= 0.6 is 0 Å². The van der Waals surface area contributed by atoms with Crippen molar-refractivity contribution in [2.75, 3.05) is 32.9 Å². The number of morpholine rings is 1. The zero-order valence-corrected chi connectivity index (χ0v) is 11.2. The summed E-state index contributed by atoms with van der Waals surface area (Å²) in [5.41, 5.74) is 0. The molecule has 7 heteroatoms. The fraction of sp³-hybridized carbons (Fsp3) is 0.833. The largest absolute Gasteiger partial charge is 0.481 e. The first kappa shape index (κ1) is 15.7. The van der Waals surface area contributed by atoms with Crippen LogP contribution in [0.2, 0.25) is 0 Å². The topological polar surface area (TPSA) is 99.1 Å². The summed E-state index contributed by atoms with van der Waals surface area (Å²) < 4.78 is 5.19. The number of carbonyl (C=O) groups is 2. The van der Waals surface area contributed by atoms with Crippen LogP contribution in [0.3, 0.4) is 0 Å². The zero-order chi connectivity index (χ0) is 14.3. The Bertz CT molecular complexity index is 310. The van der Waals surface area contributed by atoms with E-state index in [4.69, 9.17) is 9.84 Å². The summed E-state index contributed by atoms with van der Waals surface area (Å²) in [5.74, 6) is -0.934. The highest BCUT2D eigenvalue weighted by atomic mass is 16.5. The summed E-state index contributed by atoms with van der Waals surface area (Å²) in [7, 11) is 0. The van der Waals surface area contributed by atoms with Crippen molar-refractivity contribution in [3.63, 3.8) is 0 Å². The van der Waals surface area contributed by atoms with Crippen LogP contribution < -0.4 is 5.32 Å². The second-order valence-corrected chi connectivity index (χ2v) is 4.66. The van der Waals surface area contributed by atoms with E-state index in [1.165, 1.54) is 4.90 Å². The summed E-state index contributed by atoms with van der Waals surface area (Å²) in [6.07, 6.45) is 0.739. The molecule has 1 rings (SSSR count). The van der Waals surface area contributed by atoms with Gasteiger partial charge in [0.15, 0.2) is 0 Å². The summed E-state index contributed by atoms with van der Waals surface area (Å²) in [6.45, 7) is 3.31. The molecule has 3 N–H and O–H groups in total. The monoisotopic (exact) mass is 274 g/mol. The van der Waals surface area contributed by atoms with Gasteiger partial charge in [0.25, 0.3) is 0 Å². The van der Waals surface area contributed by atoms with E-state index in [1.807, 2.05) is 6.92 Å². The number of carbonyl (C=O) groups excluding carboxylic acids is 1. The lowest BCUT2D eigenvalue weighted by atomic mass is 10.0. The Kier molecular flexibility index (Phi) is 6.58. The number of ether oxygens (including phenoxy) is 1. The van der Waals surface area contributed by atoms with Gasteiger partial charge in [-0.2, -0.15) is 0 Å². The average Bonchev–Trinajstić information content (AvgIpc) is 2.42. The Morgan fingerprint density at radius 2 is 2.26 bits per heavy atom. The first-order valence-corrected chi connectivity index (χ1v) is 6.53. The van der Waals surface area contributed by atoms with Crippen LogP contribution in [0.25, 0.3) is 0 Å². The number of hydrogen-bond acceptors (Lipinski definition) is 4. The number of hydrogen-bond donors (Lipinski definition) is 3. The normalized spacial score (nSPS) is 20.9. The third-order valence-electron chi connectivity index (χ3n) is 3.28. The molecule has 1 saturated heterocycles. The fourth-order valence-corrected chi connectivity index (χ4v) is 2.01. The molecule has 0 aromatic heterocycles. The summed E-state index contributed by atoms with van der Waals surface area (Å²) in [4.78, 5) is 24.2. The van der Waals surface area contributed by atoms with E-state index in [9.17, 15) is 14.7 Å². The number of carboxylic acid groups (broad SMARTS) is 1. The smallest absolute Gasteiger partial charge is 0.317 e. The molecule has 0 aromatic carbocycles. The Hall–Kier alpha value is -1.34. The molecule has 0 saturated carbocycles. The molecule has 1 aliphatic heterocycles.